The molecule has 0 unspecified atom stereocenters. The summed E-state index contributed by atoms with van der Waals surface area (Å²) in [4.78, 5) is 19.6. The van der Waals surface area contributed by atoms with E-state index in [2.05, 4.69) is 32.4 Å². The number of fused-ring (bicyclic) bond motifs is 1. The maximum Gasteiger partial charge on any atom is 0.252 e. The summed E-state index contributed by atoms with van der Waals surface area (Å²) < 4.78 is 1.72. The van der Waals surface area contributed by atoms with E-state index in [9.17, 15) is 4.79 Å². The van der Waals surface area contributed by atoms with Crippen LogP contribution < -0.4 is 5.32 Å². The van der Waals surface area contributed by atoms with E-state index in [1.54, 1.807) is 4.68 Å². The molecule has 0 aliphatic rings. The number of hydrogen-bond donors (Lipinski definition) is 1. The van der Waals surface area contributed by atoms with Gasteiger partial charge in [-0.15, -0.1) is 0 Å². The molecule has 0 spiro atoms. The molecule has 1 aromatic carbocycles. The van der Waals surface area contributed by atoms with Crippen molar-refractivity contribution < 1.29 is 4.79 Å². The van der Waals surface area contributed by atoms with Crippen LogP contribution >= 0.6 is 0 Å². The quantitative estimate of drug-likeness (QED) is 0.767. The molecule has 136 valence electrons. The summed E-state index contributed by atoms with van der Waals surface area (Å²) in [6.07, 6.45) is 0. The number of pyridine rings is 1. The lowest BCUT2D eigenvalue weighted by Crippen LogP contribution is -2.34. The topological polar surface area (TPSA) is 63.1 Å². The highest BCUT2D eigenvalue weighted by molar-refractivity contribution is 6.06. The van der Waals surface area contributed by atoms with Crippen LogP contribution in [0.3, 0.4) is 0 Å². The summed E-state index contributed by atoms with van der Waals surface area (Å²) in [7, 11) is 5.88. The first kappa shape index (κ1) is 18.1. The van der Waals surface area contributed by atoms with Crippen molar-refractivity contribution in [2.45, 2.75) is 19.9 Å². The summed E-state index contributed by atoms with van der Waals surface area (Å²) in [5.41, 5.74) is 4.15. The molecule has 0 aliphatic heterocycles. The second-order valence-electron chi connectivity index (χ2n) is 6.82. The van der Waals surface area contributed by atoms with Crippen molar-refractivity contribution in [2.75, 3.05) is 20.6 Å². The number of rotatable bonds is 5. The Morgan fingerprint density at radius 1 is 1.23 bits per heavy atom. The molecule has 1 N–H and O–H groups in total. The average Bonchev–Trinajstić information content (AvgIpc) is 2.89. The molecular formula is C20H25N5O. The Balaban J connectivity index is 1.87. The van der Waals surface area contributed by atoms with Gasteiger partial charge in [-0.05, 0) is 39.6 Å². The average molecular weight is 351 g/mol. The van der Waals surface area contributed by atoms with E-state index < -0.39 is 0 Å². The van der Waals surface area contributed by atoms with E-state index in [1.165, 1.54) is 5.56 Å². The van der Waals surface area contributed by atoms with E-state index in [-0.39, 0.29) is 11.9 Å². The van der Waals surface area contributed by atoms with Crippen molar-refractivity contribution in [3.05, 3.63) is 58.9 Å². The predicted molar refractivity (Wildman–Crippen MR) is 103 cm³/mol. The Bertz CT molecular complexity index is 930. The predicted octanol–water partition coefficient (Wildman–Crippen LogP) is 2.62. The number of amides is 1. The molecule has 0 aliphatic carbocycles. The van der Waals surface area contributed by atoms with Crippen LogP contribution in [0, 0.1) is 13.8 Å². The van der Waals surface area contributed by atoms with Crippen LogP contribution in [-0.4, -0.2) is 46.2 Å². The van der Waals surface area contributed by atoms with E-state index >= 15 is 0 Å². The molecule has 0 bridgehead atoms. The molecule has 26 heavy (non-hydrogen) atoms. The molecule has 3 aromatic rings. The Kier molecular flexibility index (Phi) is 5.04. The third-order valence-electron chi connectivity index (χ3n) is 4.61. The third kappa shape index (κ3) is 3.46. The van der Waals surface area contributed by atoms with Crippen molar-refractivity contribution in [1.82, 2.24) is 25.0 Å². The largest absolute Gasteiger partial charge is 0.350 e. The van der Waals surface area contributed by atoms with Crippen LogP contribution in [-0.2, 0) is 7.05 Å². The zero-order chi connectivity index (χ0) is 18.8. The van der Waals surface area contributed by atoms with Crippen LogP contribution in [0.4, 0.5) is 0 Å². The first-order valence-corrected chi connectivity index (χ1v) is 8.69. The van der Waals surface area contributed by atoms with Gasteiger partial charge in [0.1, 0.15) is 0 Å². The Labute approximate surface area is 153 Å². The second kappa shape index (κ2) is 7.25. The van der Waals surface area contributed by atoms with Gasteiger partial charge in [0.15, 0.2) is 5.65 Å². The van der Waals surface area contributed by atoms with E-state index in [1.807, 2.05) is 59.3 Å². The number of hydrogen-bond acceptors (Lipinski definition) is 4. The second-order valence-corrected chi connectivity index (χ2v) is 6.82. The summed E-state index contributed by atoms with van der Waals surface area (Å²) in [6, 6.07) is 12.1. The number of benzene rings is 1. The number of nitrogens with zero attached hydrogens (tertiary/aromatic N) is 4. The van der Waals surface area contributed by atoms with E-state index in [0.29, 0.717) is 12.1 Å². The maximum absolute atomic E-state index is 12.9. The molecule has 6 nitrogen and oxygen atoms in total. The molecule has 3 rings (SSSR count). The fraction of sp³-hybridized carbons (Fsp3) is 0.350. The smallest absolute Gasteiger partial charge is 0.252 e. The van der Waals surface area contributed by atoms with Crippen molar-refractivity contribution in [2.24, 2.45) is 7.05 Å². The highest BCUT2D eigenvalue weighted by atomic mass is 16.1. The summed E-state index contributed by atoms with van der Waals surface area (Å²) in [6.45, 7) is 4.33. The lowest BCUT2D eigenvalue weighted by Gasteiger charge is -2.25. The summed E-state index contributed by atoms with van der Waals surface area (Å²) >= 11 is 0. The number of nitrogens with one attached hydrogen (secondary N) is 1. The fourth-order valence-corrected chi connectivity index (χ4v) is 3.31. The van der Waals surface area contributed by atoms with Gasteiger partial charge < -0.3 is 10.2 Å². The van der Waals surface area contributed by atoms with E-state index in [0.717, 1.165) is 22.4 Å². The van der Waals surface area contributed by atoms with Gasteiger partial charge >= 0.3 is 0 Å². The Hall–Kier alpha value is -2.73. The van der Waals surface area contributed by atoms with Gasteiger partial charge in [-0.2, -0.15) is 5.10 Å². The number of aryl methyl sites for hydroxylation is 3. The minimum absolute atomic E-state index is 0.0978. The van der Waals surface area contributed by atoms with Crippen LogP contribution in [0.25, 0.3) is 11.0 Å². The first-order chi connectivity index (χ1) is 12.4. The zero-order valence-corrected chi connectivity index (χ0v) is 15.9. The zero-order valence-electron chi connectivity index (χ0n) is 15.9. The van der Waals surface area contributed by atoms with Crippen molar-refractivity contribution >= 4 is 16.9 Å². The van der Waals surface area contributed by atoms with Gasteiger partial charge in [0.2, 0.25) is 0 Å². The highest BCUT2D eigenvalue weighted by Crippen LogP contribution is 2.22. The summed E-state index contributed by atoms with van der Waals surface area (Å²) in [5.74, 6) is -0.0978. The van der Waals surface area contributed by atoms with Gasteiger partial charge in [-0.1, -0.05) is 30.3 Å². The molecule has 0 saturated heterocycles. The van der Waals surface area contributed by atoms with Crippen LogP contribution in [0.2, 0.25) is 0 Å². The van der Waals surface area contributed by atoms with Crippen molar-refractivity contribution in [3.8, 4) is 0 Å². The molecule has 0 saturated carbocycles. The molecule has 0 radical (unpaired) electrons. The van der Waals surface area contributed by atoms with Crippen LogP contribution in [0.5, 0.6) is 0 Å². The highest BCUT2D eigenvalue weighted by Gasteiger charge is 2.20. The van der Waals surface area contributed by atoms with Crippen LogP contribution in [0.1, 0.15) is 33.4 Å². The van der Waals surface area contributed by atoms with Crippen molar-refractivity contribution in [3.63, 3.8) is 0 Å². The number of carbonyl (C=O) groups is 1. The monoisotopic (exact) mass is 351 g/mol. The molecular weight excluding hydrogens is 326 g/mol. The molecule has 1 amide bonds. The minimum atomic E-state index is -0.0978. The summed E-state index contributed by atoms with van der Waals surface area (Å²) in [5, 5.41) is 8.32. The minimum Gasteiger partial charge on any atom is -0.350 e. The van der Waals surface area contributed by atoms with Crippen LogP contribution in [0.15, 0.2) is 36.4 Å². The van der Waals surface area contributed by atoms with Gasteiger partial charge in [-0.25, -0.2) is 4.98 Å². The SMILES string of the molecule is Cc1cc(C(=O)NC[C@H](c2ccccc2)N(C)C)c2c(C)nn(C)c2n1. The molecule has 1 atom stereocenters. The first-order valence-electron chi connectivity index (χ1n) is 8.69. The fourth-order valence-electron chi connectivity index (χ4n) is 3.31. The third-order valence-corrected chi connectivity index (χ3v) is 4.61. The lowest BCUT2D eigenvalue weighted by atomic mass is 10.1. The molecule has 2 aromatic heterocycles. The van der Waals surface area contributed by atoms with E-state index in [4.69, 9.17) is 0 Å². The number of aromatic nitrogens is 3. The maximum atomic E-state index is 12.9. The van der Waals surface area contributed by atoms with Crippen molar-refractivity contribution in [1.29, 1.82) is 0 Å². The lowest BCUT2D eigenvalue weighted by molar-refractivity contribution is 0.0943. The van der Waals surface area contributed by atoms with Gasteiger partial charge in [0.25, 0.3) is 5.91 Å². The van der Waals surface area contributed by atoms with Gasteiger partial charge in [-0.3, -0.25) is 9.48 Å². The molecule has 0 fully saturated rings. The van der Waals surface area contributed by atoms with Gasteiger partial charge in [0.05, 0.1) is 22.7 Å². The normalized spacial score (nSPS) is 12.5. The van der Waals surface area contributed by atoms with Gasteiger partial charge in [0, 0.05) is 19.3 Å². The number of carbonyl (C=O) groups excluding carboxylic acids is 1. The molecule has 6 heteroatoms. The standard InChI is InChI=1S/C20H25N5O/c1-13-11-16(18-14(2)23-25(5)19(18)22-13)20(26)21-12-17(24(3)4)15-9-7-6-8-10-15/h6-11,17H,12H2,1-5H3,(H,21,26)/t17-/m1/s1. The molecule has 2 heterocycles. The Morgan fingerprint density at radius 2 is 1.92 bits per heavy atom. The Morgan fingerprint density at radius 3 is 2.58 bits per heavy atom. The number of likely N-dealkylation sites (N-methyl/N-ethyl adjacent to an activating group) is 1.